The molecule has 3 heteroatoms. The molecule has 1 aromatic heterocycles. The van der Waals surface area contributed by atoms with Gasteiger partial charge in [-0.3, -0.25) is 0 Å². The molecule has 0 aromatic carbocycles. The van der Waals surface area contributed by atoms with Crippen molar-refractivity contribution in [1.82, 2.24) is 15.3 Å². The van der Waals surface area contributed by atoms with Crippen LogP contribution in [0.15, 0.2) is 12.4 Å². The Balaban J connectivity index is 1.75. The van der Waals surface area contributed by atoms with E-state index in [9.17, 15) is 0 Å². The fourth-order valence-corrected chi connectivity index (χ4v) is 2.64. The van der Waals surface area contributed by atoms with Gasteiger partial charge in [-0.05, 0) is 18.3 Å². The molecule has 2 rings (SSSR count). The van der Waals surface area contributed by atoms with Gasteiger partial charge in [0, 0.05) is 18.9 Å². The van der Waals surface area contributed by atoms with Crippen LogP contribution in [0.25, 0.3) is 0 Å². The lowest BCUT2D eigenvalue weighted by molar-refractivity contribution is 0.262. The third-order valence-electron chi connectivity index (χ3n) is 3.71. The number of rotatable bonds is 4. The number of imidazole rings is 1. The van der Waals surface area contributed by atoms with E-state index in [1.165, 1.54) is 38.5 Å². The van der Waals surface area contributed by atoms with Crippen molar-refractivity contribution in [3.05, 3.63) is 18.2 Å². The molecule has 0 bridgehead atoms. The first-order valence-corrected chi connectivity index (χ1v) is 6.48. The number of H-pyrrole nitrogens is 1. The highest BCUT2D eigenvalue weighted by atomic mass is 15.0. The second-order valence-electron chi connectivity index (χ2n) is 5.36. The maximum absolute atomic E-state index is 4.22. The van der Waals surface area contributed by atoms with Gasteiger partial charge < -0.3 is 10.3 Å². The van der Waals surface area contributed by atoms with Gasteiger partial charge in [-0.1, -0.05) is 32.6 Å². The van der Waals surface area contributed by atoms with Gasteiger partial charge in [0.05, 0.1) is 6.54 Å². The van der Waals surface area contributed by atoms with E-state index in [-0.39, 0.29) is 0 Å². The minimum absolute atomic E-state index is 0.503. The first kappa shape index (κ1) is 11.6. The van der Waals surface area contributed by atoms with Crippen molar-refractivity contribution in [2.45, 2.75) is 52.0 Å². The van der Waals surface area contributed by atoms with Crippen molar-refractivity contribution < 1.29 is 0 Å². The van der Waals surface area contributed by atoms with Crippen LogP contribution in [0.1, 0.15) is 51.3 Å². The molecular formula is C13H23N3. The fraction of sp³-hybridized carbons (Fsp3) is 0.769. The molecule has 0 unspecified atom stereocenters. The quantitative estimate of drug-likeness (QED) is 0.768. The summed E-state index contributed by atoms with van der Waals surface area (Å²) in [5.41, 5.74) is 0.503. The third-order valence-corrected chi connectivity index (χ3v) is 3.71. The molecule has 1 saturated carbocycles. The van der Waals surface area contributed by atoms with Gasteiger partial charge in [0.2, 0.25) is 0 Å². The van der Waals surface area contributed by atoms with Gasteiger partial charge in [0.15, 0.2) is 0 Å². The minimum atomic E-state index is 0.503. The summed E-state index contributed by atoms with van der Waals surface area (Å²) in [7, 11) is 0. The average Bonchev–Trinajstić information content (AvgIpc) is 2.68. The number of nitrogens with zero attached hydrogens (tertiary/aromatic N) is 1. The van der Waals surface area contributed by atoms with E-state index in [1.807, 2.05) is 12.4 Å². The number of aromatic nitrogens is 2. The third kappa shape index (κ3) is 3.34. The highest BCUT2D eigenvalue weighted by Gasteiger charge is 2.24. The largest absolute Gasteiger partial charge is 0.348 e. The maximum Gasteiger partial charge on any atom is 0.120 e. The first-order chi connectivity index (χ1) is 7.79. The highest BCUT2D eigenvalue weighted by molar-refractivity contribution is 4.87. The Hall–Kier alpha value is -0.830. The van der Waals surface area contributed by atoms with Crippen LogP contribution in [0.5, 0.6) is 0 Å². The van der Waals surface area contributed by atoms with E-state index in [0.717, 1.165) is 18.9 Å². The molecule has 0 spiro atoms. The van der Waals surface area contributed by atoms with Crippen molar-refractivity contribution in [1.29, 1.82) is 0 Å². The molecule has 0 radical (unpaired) electrons. The van der Waals surface area contributed by atoms with E-state index in [4.69, 9.17) is 0 Å². The van der Waals surface area contributed by atoms with Gasteiger partial charge >= 0.3 is 0 Å². The predicted molar refractivity (Wildman–Crippen MR) is 66.1 cm³/mol. The van der Waals surface area contributed by atoms with Crippen LogP contribution in [-0.4, -0.2) is 16.5 Å². The van der Waals surface area contributed by atoms with Crippen LogP contribution in [0.4, 0.5) is 0 Å². The SMILES string of the molecule is CC1(CNCc2ncc[nH]2)CCCCCC1. The van der Waals surface area contributed by atoms with E-state index in [2.05, 4.69) is 22.2 Å². The Bertz CT molecular complexity index is 284. The minimum Gasteiger partial charge on any atom is -0.348 e. The van der Waals surface area contributed by atoms with Crippen molar-refractivity contribution in [2.75, 3.05) is 6.54 Å². The molecule has 0 aliphatic heterocycles. The molecular weight excluding hydrogens is 198 g/mol. The van der Waals surface area contributed by atoms with Crippen LogP contribution in [0.2, 0.25) is 0 Å². The Morgan fingerprint density at radius 3 is 2.69 bits per heavy atom. The van der Waals surface area contributed by atoms with Gasteiger partial charge in [-0.2, -0.15) is 0 Å². The van der Waals surface area contributed by atoms with Gasteiger partial charge in [-0.15, -0.1) is 0 Å². The van der Waals surface area contributed by atoms with E-state index < -0.39 is 0 Å². The Kier molecular flexibility index (Phi) is 3.99. The van der Waals surface area contributed by atoms with Crippen molar-refractivity contribution in [3.63, 3.8) is 0 Å². The van der Waals surface area contributed by atoms with E-state index >= 15 is 0 Å². The van der Waals surface area contributed by atoms with Gasteiger partial charge in [0.1, 0.15) is 5.82 Å². The second-order valence-corrected chi connectivity index (χ2v) is 5.36. The zero-order valence-electron chi connectivity index (χ0n) is 10.3. The molecule has 1 aromatic rings. The van der Waals surface area contributed by atoms with Crippen LogP contribution >= 0.6 is 0 Å². The summed E-state index contributed by atoms with van der Waals surface area (Å²) in [5, 5.41) is 3.53. The summed E-state index contributed by atoms with van der Waals surface area (Å²) < 4.78 is 0. The monoisotopic (exact) mass is 221 g/mol. The Morgan fingerprint density at radius 2 is 2.06 bits per heavy atom. The van der Waals surface area contributed by atoms with Gasteiger partial charge in [-0.25, -0.2) is 4.98 Å². The second kappa shape index (κ2) is 5.48. The van der Waals surface area contributed by atoms with Crippen LogP contribution in [0.3, 0.4) is 0 Å². The average molecular weight is 221 g/mol. The number of nitrogens with one attached hydrogen (secondary N) is 2. The molecule has 16 heavy (non-hydrogen) atoms. The van der Waals surface area contributed by atoms with Crippen LogP contribution in [0, 0.1) is 5.41 Å². The lowest BCUT2D eigenvalue weighted by Gasteiger charge is -2.28. The Labute approximate surface area is 98.1 Å². The van der Waals surface area contributed by atoms with Crippen LogP contribution in [-0.2, 0) is 6.54 Å². The zero-order chi connectivity index (χ0) is 11.3. The summed E-state index contributed by atoms with van der Waals surface area (Å²) in [4.78, 5) is 7.35. The molecule has 0 saturated heterocycles. The topological polar surface area (TPSA) is 40.7 Å². The fourth-order valence-electron chi connectivity index (χ4n) is 2.64. The van der Waals surface area contributed by atoms with Crippen molar-refractivity contribution >= 4 is 0 Å². The summed E-state index contributed by atoms with van der Waals surface area (Å²) in [6.45, 7) is 4.41. The first-order valence-electron chi connectivity index (χ1n) is 6.48. The molecule has 1 aliphatic rings. The molecule has 1 aliphatic carbocycles. The number of aromatic amines is 1. The Morgan fingerprint density at radius 1 is 1.31 bits per heavy atom. The normalized spacial score (nSPS) is 20.6. The molecule has 1 heterocycles. The maximum atomic E-state index is 4.22. The summed E-state index contributed by atoms with van der Waals surface area (Å²) in [6.07, 6.45) is 12.1. The molecule has 0 amide bonds. The lowest BCUT2D eigenvalue weighted by atomic mass is 9.82. The summed E-state index contributed by atoms with van der Waals surface area (Å²) in [5.74, 6) is 1.04. The molecule has 1 fully saturated rings. The number of hydrogen-bond acceptors (Lipinski definition) is 2. The molecule has 0 atom stereocenters. The van der Waals surface area contributed by atoms with E-state index in [1.54, 1.807) is 0 Å². The predicted octanol–water partition coefficient (Wildman–Crippen LogP) is 2.86. The molecule has 3 nitrogen and oxygen atoms in total. The lowest BCUT2D eigenvalue weighted by Crippen LogP contribution is -2.31. The van der Waals surface area contributed by atoms with Crippen molar-refractivity contribution in [3.8, 4) is 0 Å². The number of hydrogen-bond donors (Lipinski definition) is 2. The molecule has 2 N–H and O–H groups in total. The highest BCUT2D eigenvalue weighted by Crippen LogP contribution is 2.33. The zero-order valence-corrected chi connectivity index (χ0v) is 10.3. The van der Waals surface area contributed by atoms with Crippen LogP contribution < -0.4 is 5.32 Å². The standard InChI is InChI=1S/C13H23N3/c1-13(6-4-2-3-5-7-13)11-14-10-12-15-8-9-16-12/h8-9,14H,2-7,10-11H2,1H3,(H,15,16). The molecule has 90 valence electrons. The van der Waals surface area contributed by atoms with Gasteiger partial charge in [0.25, 0.3) is 0 Å². The smallest absolute Gasteiger partial charge is 0.120 e. The van der Waals surface area contributed by atoms with E-state index in [0.29, 0.717) is 5.41 Å². The van der Waals surface area contributed by atoms with Crippen molar-refractivity contribution in [2.24, 2.45) is 5.41 Å². The summed E-state index contributed by atoms with van der Waals surface area (Å²) in [6, 6.07) is 0. The summed E-state index contributed by atoms with van der Waals surface area (Å²) >= 11 is 0.